The summed E-state index contributed by atoms with van der Waals surface area (Å²) in [6.07, 6.45) is 1.62. The molecule has 0 saturated heterocycles. The van der Waals surface area contributed by atoms with Gasteiger partial charge in [0.15, 0.2) is 11.6 Å². The van der Waals surface area contributed by atoms with Crippen LogP contribution in [0.4, 0.5) is 10.2 Å². The van der Waals surface area contributed by atoms with Gasteiger partial charge in [-0.25, -0.2) is 9.37 Å². The number of carbonyl (C=O) groups excluding carboxylic acids is 1. The zero-order chi connectivity index (χ0) is 12.0. The minimum absolute atomic E-state index is 0.0793. The molecule has 1 rings (SSSR count). The van der Waals surface area contributed by atoms with Gasteiger partial charge < -0.3 is 10.6 Å². The Bertz CT molecular complexity index is 373. The lowest BCUT2D eigenvalue weighted by molar-refractivity contribution is -0.120. The Hall–Kier alpha value is -1.36. The first kappa shape index (κ1) is 12.7. The highest BCUT2D eigenvalue weighted by Gasteiger charge is 2.05. The van der Waals surface area contributed by atoms with Crippen molar-refractivity contribution in [3.05, 3.63) is 23.1 Å². The van der Waals surface area contributed by atoms with Crippen LogP contribution in [0.2, 0.25) is 5.02 Å². The molecule has 1 aromatic rings. The highest BCUT2D eigenvalue weighted by atomic mass is 35.5. The molecule has 0 bridgehead atoms. The van der Waals surface area contributed by atoms with Crippen LogP contribution in [-0.4, -0.2) is 24.0 Å². The van der Waals surface area contributed by atoms with Crippen LogP contribution in [0.3, 0.4) is 0 Å². The third-order valence-corrected chi connectivity index (χ3v) is 2.03. The number of anilines is 1. The van der Waals surface area contributed by atoms with E-state index in [2.05, 4.69) is 15.6 Å². The molecule has 0 fully saturated rings. The number of amides is 1. The molecule has 0 aromatic carbocycles. The topological polar surface area (TPSA) is 54.0 Å². The minimum atomic E-state index is -0.525. The van der Waals surface area contributed by atoms with Crippen LogP contribution >= 0.6 is 11.6 Å². The Kier molecular flexibility index (Phi) is 4.98. The van der Waals surface area contributed by atoms with Crippen molar-refractivity contribution >= 4 is 23.3 Å². The molecule has 4 nitrogen and oxygen atoms in total. The summed E-state index contributed by atoms with van der Waals surface area (Å²) >= 11 is 5.55. The van der Waals surface area contributed by atoms with Crippen LogP contribution in [0.25, 0.3) is 0 Å². The highest BCUT2D eigenvalue weighted by molar-refractivity contribution is 6.30. The van der Waals surface area contributed by atoms with Gasteiger partial charge in [-0.15, -0.1) is 0 Å². The number of aromatic nitrogens is 1. The molecule has 0 spiro atoms. The number of hydrogen-bond donors (Lipinski definition) is 2. The van der Waals surface area contributed by atoms with E-state index in [4.69, 9.17) is 11.6 Å². The van der Waals surface area contributed by atoms with Gasteiger partial charge in [-0.3, -0.25) is 4.79 Å². The van der Waals surface area contributed by atoms with Crippen molar-refractivity contribution in [3.63, 3.8) is 0 Å². The first-order valence-corrected chi connectivity index (χ1v) is 5.33. The lowest BCUT2D eigenvalue weighted by Gasteiger charge is -2.06. The van der Waals surface area contributed by atoms with E-state index in [0.717, 1.165) is 0 Å². The van der Waals surface area contributed by atoms with E-state index in [1.54, 1.807) is 0 Å². The second-order valence-electron chi connectivity index (χ2n) is 3.11. The molecule has 0 aliphatic rings. The van der Waals surface area contributed by atoms with Crippen LogP contribution in [-0.2, 0) is 4.79 Å². The molecule has 16 heavy (non-hydrogen) atoms. The first-order valence-electron chi connectivity index (χ1n) is 4.95. The molecular formula is C10H13ClFN3O. The second kappa shape index (κ2) is 6.27. The number of rotatable bonds is 5. The van der Waals surface area contributed by atoms with Crippen molar-refractivity contribution in [2.45, 2.75) is 13.3 Å². The quantitative estimate of drug-likeness (QED) is 0.832. The molecule has 0 saturated carbocycles. The summed E-state index contributed by atoms with van der Waals surface area (Å²) in [5, 5.41) is 5.61. The zero-order valence-corrected chi connectivity index (χ0v) is 9.64. The molecule has 6 heteroatoms. The monoisotopic (exact) mass is 245 g/mol. The van der Waals surface area contributed by atoms with Crippen molar-refractivity contribution in [2.75, 3.05) is 18.4 Å². The molecule has 0 atom stereocenters. The summed E-state index contributed by atoms with van der Waals surface area (Å²) in [7, 11) is 0. The third-order valence-electron chi connectivity index (χ3n) is 1.83. The normalized spacial score (nSPS) is 9.94. The molecule has 0 aliphatic carbocycles. The van der Waals surface area contributed by atoms with Gasteiger partial charge in [0, 0.05) is 25.7 Å². The summed E-state index contributed by atoms with van der Waals surface area (Å²) in [5.74, 6) is -0.499. The van der Waals surface area contributed by atoms with Gasteiger partial charge in [0.05, 0.1) is 5.02 Å². The van der Waals surface area contributed by atoms with Crippen molar-refractivity contribution in [1.82, 2.24) is 10.3 Å². The predicted octanol–water partition coefficient (Wildman–Crippen LogP) is 1.81. The maximum Gasteiger partial charge on any atom is 0.221 e. The van der Waals surface area contributed by atoms with Crippen molar-refractivity contribution in [3.8, 4) is 0 Å². The van der Waals surface area contributed by atoms with Gasteiger partial charge in [0.1, 0.15) is 0 Å². The van der Waals surface area contributed by atoms with E-state index in [9.17, 15) is 9.18 Å². The Morgan fingerprint density at radius 1 is 1.62 bits per heavy atom. The summed E-state index contributed by atoms with van der Waals surface area (Å²) in [6.45, 7) is 2.76. The lowest BCUT2D eigenvalue weighted by Crippen LogP contribution is -2.25. The van der Waals surface area contributed by atoms with Gasteiger partial charge in [-0.2, -0.15) is 0 Å². The summed E-state index contributed by atoms with van der Waals surface area (Å²) in [4.78, 5) is 14.9. The fourth-order valence-corrected chi connectivity index (χ4v) is 1.27. The van der Waals surface area contributed by atoms with Gasteiger partial charge in [-0.05, 0) is 13.0 Å². The number of pyridine rings is 1. The Labute approximate surface area is 98.2 Å². The zero-order valence-electron chi connectivity index (χ0n) is 8.89. The maximum atomic E-state index is 13.2. The van der Waals surface area contributed by atoms with E-state index < -0.39 is 5.82 Å². The Morgan fingerprint density at radius 3 is 3.00 bits per heavy atom. The van der Waals surface area contributed by atoms with E-state index in [-0.39, 0.29) is 23.2 Å². The van der Waals surface area contributed by atoms with Gasteiger partial charge in [0.2, 0.25) is 5.91 Å². The Balaban J connectivity index is 2.40. The third kappa shape index (κ3) is 4.02. The van der Waals surface area contributed by atoms with Crippen LogP contribution < -0.4 is 10.6 Å². The fraction of sp³-hybridized carbons (Fsp3) is 0.400. The van der Waals surface area contributed by atoms with Gasteiger partial charge in [-0.1, -0.05) is 11.6 Å². The van der Waals surface area contributed by atoms with E-state index in [1.807, 2.05) is 6.92 Å². The summed E-state index contributed by atoms with van der Waals surface area (Å²) in [5.41, 5.74) is 0. The van der Waals surface area contributed by atoms with Crippen molar-refractivity contribution in [2.24, 2.45) is 0 Å². The molecule has 0 unspecified atom stereocenters. The molecular weight excluding hydrogens is 233 g/mol. The van der Waals surface area contributed by atoms with Crippen molar-refractivity contribution < 1.29 is 9.18 Å². The fourth-order valence-electron chi connectivity index (χ4n) is 1.12. The largest absolute Gasteiger partial charge is 0.367 e. The van der Waals surface area contributed by atoms with Crippen molar-refractivity contribution in [1.29, 1.82) is 0 Å². The van der Waals surface area contributed by atoms with Crippen LogP contribution in [0.1, 0.15) is 13.3 Å². The number of nitrogens with one attached hydrogen (secondary N) is 2. The van der Waals surface area contributed by atoms with Crippen LogP contribution in [0, 0.1) is 5.82 Å². The average molecular weight is 246 g/mol. The van der Waals surface area contributed by atoms with E-state index >= 15 is 0 Å². The smallest absolute Gasteiger partial charge is 0.221 e. The summed E-state index contributed by atoms with van der Waals surface area (Å²) in [6, 6.07) is 1.17. The SMILES string of the molecule is CCNC(=O)CCNc1ncc(Cl)cc1F. The van der Waals surface area contributed by atoms with Gasteiger partial charge in [0.25, 0.3) is 0 Å². The minimum Gasteiger partial charge on any atom is -0.367 e. The first-order chi connectivity index (χ1) is 7.63. The average Bonchev–Trinajstić information content (AvgIpc) is 2.22. The predicted molar refractivity (Wildman–Crippen MR) is 61.0 cm³/mol. The number of halogens is 2. The molecule has 2 N–H and O–H groups in total. The maximum absolute atomic E-state index is 13.2. The number of carbonyl (C=O) groups is 1. The Morgan fingerprint density at radius 2 is 2.38 bits per heavy atom. The number of hydrogen-bond acceptors (Lipinski definition) is 3. The molecule has 1 heterocycles. The number of nitrogens with zero attached hydrogens (tertiary/aromatic N) is 1. The molecule has 0 aliphatic heterocycles. The molecule has 1 amide bonds. The molecule has 88 valence electrons. The standard InChI is InChI=1S/C10H13ClFN3O/c1-2-13-9(16)3-4-14-10-8(12)5-7(11)6-15-10/h5-6H,2-4H2,1H3,(H,13,16)(H,14,15). The molecule has 0 radical (unpaired) electrons. The summed E-state index contributed by atoms with van der Waals surface area (Å²) < 4.78 is 13.2. The van der Waals surface area contributed by atoms with E-state index in [1.165, 1.54) is 12.3 Å². The van der Waals surface area contributed by atoms with Gasteiger partial charge >= 0.3 is 0 Å². The van der Waals surface area contributed by atoms with E-state index in [0.29, 0.717) is 13.1 Å². The van der Waals surface area contributed by atoms with Crippen LogP contribution in [0.15, 0.2) is 12.3 Å². The second-order valence-corrected chi connectivity index (χ2v) is 3.55. The lowest BCUT2D eigenvalue weighted by atomic mass is 10.3. The molecule has 1 aromatic heterocycles. The van der Waals surface area contributed by atoms with Crippen LogP contribution in [0.5, 0.6) is 0 Å². The highest BCUT2D eigenvalue weighted by Crippen LogP contribution is 2.15.